The van der Waals surface area contributed by atoms with Gasteiger partial charge in [-0.05, 0) is 42.8 Å². The van der Waals surface area contributed by atoms with Crippen molar-refractivity contribution in [1.29, 1.82) is 0 Å². The highest BCUT2D eigenvalue weighted by Gasteiger charge is 2.42. The van der Waals surface area contributed by atoms with Crippen LogP contribution in [0.5, 0.6) is 0 Å². The molecule has 1 aliphatic rings. The molecule has 21 heteroatoms. The lowest BCUT2D eigenvalue weighted by Crippen LogP contribution is -2.33. The maximum atomic E-state index is 13.4. The van der Waals surface area contributed by atoms with E-state index in [9.17, 15) is 45.4 Å². The molecule has 3 aromatic rings. The summed E-state index contributed by atoms with van der Waals surface area (Å²) in [7, 11) is -9.77. The fourth-order valence-electron chi connectivity index (χ4n) is 3.70. The lowest BCUT2D eigenvalue weighted by molar-refractivity contribution is -0.130. The largest absolute Gasteiger partial charge is 0.477 e. The minimum atomic E-state index is -5.00. The molecule has 0 saturated heterocycles. The zero-order valence-electron chi connectivity index (χ0n) is 21.1. The maximum Gasteiger partial charge on any atom is 0.355 e. The third-order valence-electron chi connectivity index (χ3n) is 5.61. The monoisotopic (exact) mass is 671 g/mol. The SMILES string of the molecule is Cc1c(N2N=C(C(=O)O)C(N=Nc3ccccc3S(=O)(=O)O)C2=O)cc(NC(=O)c2cc(Cl)nnc2Cl)cc1S(=O)(=O)O. The second kappa shape index (κ2) is 11.7. The Morgan fingerprint density at radius 3 is 2.28 bits per heavy atom. The van der Waals surface area contributed by atoms with Crippen LogP contribution in [0.2, 0.25) is 10.3 Å². The molecule has 224 valence electrons. The van der Waals surface area contributed by atoms with Crippen LogP contribution < -0.4 is 10.3 Å². The van der Waals surface area contributed by atoms with E-state index in [1.807, 2.05) is 0 Å². The Bertz CT molecular complexity index is 1990. The van der Waals surface area contributed by atoms with Crippen LogP contribution in [0.3, 0.4) is 0 Å². The maximum absolute atomic E-state index is 13.4. The summed E-state index contributed by atoms with van der Waals surface area (Å²) in [5, 5.41) is 29.8. The van der Waals surface area contributed by atoms with E-state index in [4.69, 9.17) is 23.2 Å². The van der Waals surface area contributed by atoms with Crippen LogP contribution >= 0.6 is 23.2 Å². The summed E-state index contributed by atoms with van der Waals surface area (Å²) < 4.78 is 66.9. The summed E-state index contributed by atoms with van der Waals surface area (Å²) in [6.45, 7) is 1.16. The molecule has 0 radical (unpaired) electrons. The van der Waals surface area contributed by atoms with Crippen molar-refractivity contribution >= 4 is 84.0 Å². The highest BCUT2D eigenvalue weighted by Crippen LogP contribution is 2.34. The number of aliphatic carboxylic acids is 1. The van der Waals surface area contributed by atoms with Crippen molar-refractivity contribution < 1.29 is 45.4 Å². The number of azo groups is 1. The first-order valence-electron chi connectivity index (χ1n) is 11.2. The van der Waals surface area contributed by atoms with Gasteiger partial charge in [0.1, 0.15) is 15.5 Å². The number of hydrogen-bond donors (Lipinski definition) is 4. The minimum Gasteiger partial charge on any atom is -0.477 e. The summed E-state index contributed by atoms with van der Waals surface area (Å²) in [4.78, 5) is 36.7. The molecule has 43 heavy (non-hydrogen) atoms. The molecule has 2 amide bonds. The van der Waals surface area contributed by atoms with Gasteiger partial charge in [0, 0.05) is 5.69 Å². The molecule has 1 aromatic heterocycles. The van der Waals surface area contributed by atoms with Crippen LogP contribution in [0.1, 0.15) is 15.9 Å². The van der Waals surface area contributed by atoms with E-state index in [1.54, 1.807) is 0 Å². The van der Waals surface area contributed by atoms with Gasteiger partial charge in [-0.25, -0.2) is 4.79 Å². The Morgan fingerprint density at radius 1 is 1.00 bits per heavy atom. The molecular formula is C22H15Cl2N7O10S2. The van der Waals surface area contributed by atoms with Gasteiger partial charge in [0.15, 0.2) is 16.0 Å². The predicted molar refractivity (Wildman–Crippen MR) is 148 cm³/mol. The number of carbonyl (C=O) groups is 3. The van der Waals surface area contributed by atoms with Crippen LogP contribution in [-0.4, -0.2) is 70.8 Å². The fraction of sp³-hybridized carbons (Fsp3) is 0.0909. The first kappa shape index (κ1) is 31.5. The molecular weight excluding hydrogens is 657 g/mol. The van der Waals surface area contributed by atoms with E-state index in [0.29, 0.717) is 5.01 Å². The van der Waals surface area contributed by atoms with Gasteiger partial charge in [-0.3, -0.25) is 18.7 Å². The number of nitrogens with one attached hydrogen (secondary N) is 1. The second-order valence-corrected chi connectivity index (χ2v) is 11.9. The Kier molecular flexibility index (Phi) is 8.58. The highest BCUT2D eigenvalue weighted by molar-refractivity contribution is 7.86. The predicted octanol–water partition coefficient (Wildman–Crippen LogP) is 2.78. The standard InChI is InChI=1S/C22H15Cl2N7O10S2/c1-9-13(6-10(7-15(9)43(39,40)41)25-20(32)11-8-16(23)27-29-19(11)24)31-21(33)17(18(30-31)22(34)35)28-26-12-4-2-3-5-14(12)42(36,37)38/h2-8,17H,1H3,(H,25,32)(H,34,35)(H,36,37,38)(H,39,40,41). The molecule has 1 aliphatic heterocycles. The molecule has 1 atom stereocenters. The van der Waals surface area contributed by atoms with E-state index in [0.717, 1.165) is 37.3 Å². The molecule has 4 rings (SSSR count). The molecule has 2 heterocycles. The van der Waals surface area contributed by atoms with Gasteiger partial charge in [0.25, 0.3) is 32.1 Å². The van der Waals surface area contributed by atoms with Crippen molar-refractivity contribution in [2.75, 3.05) is 10.3 Å². The summed E-state index contributed by atoms with van der Waals surface area (Å²) in [5.74, 6) is -3.88. The number of benzene rings is 2. The van der Waals surface area contributed by atoms with Gasteiger partial charge >= 0.3 is 5.97 Å². The Labute approximate surface area is 251 Å². The van der Waals surface area contributed by atoms with E-state index < -0.39 is 70.9 Å². The number of anilines is 2. The number of rotatable bonds is 8. The topological polar surface area (TPSA) is 258 Å². The molecule has 0 bridgehead atoms. The molecule has 0 fully saturated rings. The second-order valence-electron chi connectivity index (χ2n) is 8.42. The van der Waals surface area contributed by atoms with Crippen molar-refractivity contribution in [3.05, 3.63) is 63.9 Å². The number of halogens is 2. The number of hydrazone groups is 1. The van der Waals surface area contributed by atoms with E-state index in [1.165, 1.54) is 12.1 Å². The summed E-state index contributed by atoms with van der Waals surface area (Å²) in [5.41, 5.74) is -2.62. The van der Waals surface area contributed by atoms with Crippen LogP contribution in [0, 0.1) is 6.92 Å². The van der Waals surface area contributed by atoms with Gasteiger partial charge in [0.2, 0.25) is 6.04 Å². The number of hydrogen-bond acceptors (Lipinski definition) is 12. The zero-order valence-corrected chi connectivity index (χ0v) is 24.2. The third kappa shape index (κ3) is 6.66. The average Bonchev–Trinajstić information content (AvgIpc) is 3.24. The molecule has 17 nitrogen and oxygen atoms in total. The molecule has 0 spiro atoms. The number of amides is 2. The van der Waals surface area contributed by atoms with Gasteiger partial charge in [-0.1, -0.05) is 35.3 Å². The third-order valence-corrected chi connectivity index (χ3v) is 7.96. The molecule has 0 aliphatic carbocycles. The van der Waals surface area contributed by atoms with Crippen LogP contribution in [-0.2, 0) is 29.8 Å². The highest BCUT2D eigenvalue weighted by atomic mass is 35.5. The van der Waals surface area contributed by atoms with Crippen LogP contribution in [0.15, 0.2) is 67.6 Å². The number of carboxylic acid groups (broad SMARTS) is 1. The number of nitrogens with zero attached hydrogens (tertiary/aromatic N) is 6. The normalized spacial score (nSPS) is 15.6. The average molecular weight is 672 g/mol. The molecule has 4 N–H and O–H groups in total. The fourth-order valence-corrected chi connectivity index (χ4v) is 5.42. The molecule has 2 aromatic carbocycles. The minimum absolute atomic E-state index is 0.199. The van der Waals surface area contributed by atoms with Crippen molar-refractivity contribution in [2.24, 2.45) is 15.3 Å². The van der Waals surface area contributed by atoms with Gasteiger partial charge in [-0.15, -0.1) is 10.2 Å². The summed E-state index contributed by atoms with van der Waals surface area (Å²) in [6.07, 6.45) is 0. The van der Waals surface area contributed by atoms with Crippen molar-refractivity contribution in [3.8, 4) is 0 Å². The van der Waals surface area contributed by atoms with E-state index in [2.05, 4.69) is 30.8 Å². The van der Waals surface area contributed by atoms with Gasteiger partial charge < -0.3 is 10.4 Å². The lowest BCUT2D eigenvalue weighted by atomic mass is 10.1. The van der Waals surface area contributed by atoms with Crippen molar-refractivity contribution in [2.45, 2.75) is 22.8 Å². The summed E-state index contributed by atoms with van der Waals surface area (Å²) >= 11 is 11.6. The van der Waals surface area contributed by atoms with Crippen molar-refractivity contribution in [1.82, 2.24) is 10.2 Å². The zero-order chi connectivity index (χ0) is 31.9. The van der Waals surface area contributed by atoms with Crippen LogP contribution in [0.25, 0.3) is 0 Å². The molecule has 0 saturated carbocycles. The van der Waals surface area contributed by atoms with E-state index in [-0.39, 0.29) is 27.1 Å². The number of aromatic nitrogens is 2. The Morgan fingerprint density at radius 2 is 1.65 bits per heavy atom. The van der Waals surface area contributed by atoms with Crippen molar-refractivity contribution in [3.63, 3.8) is 0 Å². The van der Waals surface area contributed by atoms with Crippen LogP contribution in [0.4, 0.5) is 17.1 Å². The Balaban J connectivity index is 1.79. The first-order chi connectivity index (χ1) is 20.0. The number of carboxylic acids is 1. The van der Waals surface area contributed by atoms with Gasteiger partial charge in [0.05, 0.1) is 11.3 Å². The molecule has 1 unspecified atom stereocenters. The number of carbonyl (C=O) groups excluding carboxylic acids is 2. The summed E-state index contributed by atoms with van der Waals surface area (Å²) in [6, 6.07) is 5.69. The lowest BCUT2D eigenvalue weighted by Gasteiger charge is -2.19. The quantitative estimate of drug-likeness (QED) is 0.199. The first-order valence-corrected chi connectivity index (χ1v) is 14.9. The smallest absolute Gasteiger partial charge is 0.355 e. The van der Waals surface area contributed by atoms with E-state index >= 15 is 0 Å². The van der Waals surface area contributed by atoms with Gasteiger partial charge in [-0.2, -0.15) is 37.2 Å². The Hall–Kier alpha value is -4.40.